The van der Waals surface area contributed by atoms with E-state index in [2.05, 4.69) is 10.2 Å². The predicted molar refractivity (Wildman–Crippen MR) is 105 cm³/mol. The van der Waals surface area contributed by atoms with E-state index in [1.165, 1.54) is 4.90 Å². The topological polar surface area (TPSA) is 61.9 Å². The van der Waals surface area contributed by atoms with Crippen LogP contribution in [-0.4, -0.2) is 42.5 Å². The second-order valence-corrected chi connectivity index (χ2v) is 7.17. The van der Waals surface area contributed by atoms with Gasteiger partial charge in [-0.25, -0.2) is 4.79 Å². The van der Waals surface area contributed by atoms with E-state index >= 15 is 0 Å². The van der Waals surface area contributed by atoms with E-state index < -0.39 is 5.54 Å². The molecule has 1 saturated heterocycles. The molecule has 1 aliphatic heterocycles. The van der Waals surface area contributed by atoms with Crippen LogP contribution in [0.5, 0.6) is 11.5 Å². The first-order chi connectivity index (χ1) is 12.9. The molecule has 2 aromatic carbocycles. The largest absolute Gasteiger partial charge is 0.455 e. The van der Waals surface area contributed by atoms with Gasteiger partial charge in [0, 0.05) is 20.1 Å². The Balaban J connectivity index is 1.61. The second-order valence-electron chi connectivity index (χ2n) is 7.17. The maximum Gasteiger partial charge on any atom is 0.325 e. The zero-order chi connectivity index (χ0) is 19.4. The van der Waals surface area contributed by atoms with Gasteiger partial charge in [-0.1, -0.05) is 30.3 Å². The van der Waals surface area contributed by atoms with Crippen molar-refractivity contribution in [2.75, 3.05) is 25.0 Å². The summed E-state index contributed by atoms with van der Waals surface area (Å²) < 4.78 is 6.00. The lowest BCUT2D eigenvalue weighted by Gasteiger charge is -2.23. The van der Waals surface area contributed by atoms with Gasteiger partial charge in [-0.15, -0.1) is 0 Å². The molecular weight excluding hydrogens is 342 g/mol. The van der Waals surface area contributed by atoms with Gasteiger partial charge in [-0.3, -0.25) is 9.69 Å². The SMILES string of the molecule is CN(CCCN1C(=O)NC(C)(C)C1=O)c1ccccc1Oc1ccccc1. The minimum absolute atomic E-state index is 0.178. The number of anilines is 1. The van der Waals surface area contributed by atoms with E-state index in [9.17, 15) is 9.59 Å². The number of rotatable bonds is 7. The van der Waals surface area contributed by atoms with E-state index in [4.69, 9.17) is 4.74 Å². The Kier molecular flexibility index (Phi) is 5.35. The summed E-state index contributed by atoms with van der Waals surface area (Å²) in [5, 5.41) is 2.70. The summed E-state index contributed by atoms with van der Waals surface area (Å²) in [6.07, 6.45) is 0.672. The molecule has 1 aliphatic rings. The van der Waals surface area contributed by atoms with Gasteiger partial charge in [0.15, 0.2) is 5.75 Å². The Bertz CT molecular complexity index is 820. The van der Waals surface area contributed by atoms with Crippen molar-refractivity contribution in [3.8, 4) is 11.5 Å². The molecule has 0 bridgehead atoms. The molecule has 6 nitrogen and oxygen atoms in total. The van der Waals surface area contributed by atoms with Gasteiger partial charge in [-0.05, 0) is 44.5 Å². The number of amides is 3. The number of carbonyl (C=O) groups excluding carboxylic acids is 2. The van der Waals surface area contributed by atoms with Crippen molar-refractivity contribution in [1.29, 1.82) is 0 Å². The molecule has 0 atom stereocenters. The van der Waals surface area contributed by atoms with Gasteiger partial charge >= 0.3 is 6.03 Å². The predicted octanol–water partition coefficient (Wildman–Crippen LogP) is 3.64. The Morgan fingerprint density at radius 2 is 1.70 bits per heavy atom. The minimum Gasteiger partial charge on any atom is -0.455 e. The van der Waals surface area contributed by atoms with Crippen molar-refractivity contribution in [2.45, 2.75) is 25.8 Å². The first-order valence-electron chi connectivity index (χ1n) is 9.06. The molecule has 0 aliphatic carbocycles. The molecule has 142 valence electrons. The molecule has 0 spiro atoms. The summed E-state index contributed by atoms with van der Waals surface area (Å²) in [4.78, 5) is 27.6. The number of para-hydroxylation sites is 3. The highest BCUT2D eigenvalue weighted by Gasteiger charge is 2.43. The number of urea groups is 1. The average Bonchev–Trinajstić information content (AvgIpc) is 2.84. The summed E-state index contributed by atoms with van der Waals surface area (Å²) in [5.74, 6) is 1.37. The smallest absolute Gasteiger partial charge is 0.325 e. The van der Waals surface area contributed by atoms with Crippen LogP contribution in [0, 0.1) is 0 Å². The highest BCUT2D eigenvalue weighted by molar-refractivity contribution is 6.06. The Labute approximate surface area is 159 Å². The van der Waals surface area contributed by atoms with Gasteiger partial charge in [-0.2, -0.15) is 0 Å². The monoisotopic (exact) mass is 367 g/mol. The molecular formula is C21H25N3O3. The van der Waals surface area contributed by atoms with Crippen LogP contribution in [0.3, 0.4) is 0 Å². The zero-order valence-corrected chi connectivity index (χ0v) is 15.9. The third-order valence-corrected chi connectivity index (χ3v) is 4.57. The maximum absolute atomic E-state index is 12.2. The van der Waals surface area contributed by atoms with E-state index in [-0.39, 0.29) is 11.9 Å². The van der Waals surface area contributed by atoms with Crippen molar-refractivity contribution in [3.63, 3.8) is 0 Å². The van der Waals surface area contributed by atoms with Crippen LogP contribution in [0.15, 0.2) is 54.6 Å². The number of nitrogens with zero attached hydrogens (tertiary/aromatic N) is 2. The van der Waals surface area contributed by atoms with E-state index in [1.807, 2.05) is 61.6 Å². The summed E-state index contributed by atoms with van der Waals surface area (Å²) in [5.41, 5.74) is 0.137. The Morgan fingerprint density at radius 1 is 1.04 bits per heavy atom. The lowest BCUT2D eigenvalue weighted by Crippen LogP contribution is -2.40. The second kappa shape index (κ2) is 7.70. The molecule has 0 aromatic heterocycles. The van der Waals surface area contributed by atoms with E-state index in [1.54, 1.807) is 13.8 Å². The van der Waals surface area contributed by atoms with Gasteiger partial charge in [0.1, 0.15) is 11.3 Å². The van der Waals surface area contributed by atoms with Gasteiger partial charge in [0.25, 0.3) is 5.91 Å². The third kappa shape index (κ3) is 4.22. The number of carbonyl (C=O) groups is 2. The summed E-state index contributed by atoms with van der Waals surface area (Å²) in [6, 6.07) is 17.1. The van der Waals surface area contributed by atoms with Crippen LogP contribution in [-0.2, 0) is 4.79 Å². The van der Waals surface area contributed by atoms with Crippen LogP contribution >= 0.6 is 0 Å². The summed E-state index contributed by atoms with van der Waals surface area (Å²) >= 11 is 0. The molecule has 1 N–H and O–H groups in total. The highest BCUT2D eigenvalue weighted by Crippen LogP contribution is 2.31. The van der Waals surface area contributed by atoms with E-state index in [0.29, 0.717) is 19.5 Å². The fraction of sp³-hybridized carbons (Fsp3) is 0.333. The van der Waals surface area contributed by atoms with Crippen molar-refractivity contribution in [2.24, 2.45) is 0 Å². The lowest BCUT2D eigenvalue weighted by molar-refractivity contribution is -0.130. The van der Waals surface area contributed by atoms with Gasteiger partial charge in [0.2, 0.25) is 0 Å². The molecule has 27 heavy (non-hydrogen) atoms. The quantitative estimate of drug-likeness (QED) is 0.759. The Morgan fingerprint density at radius 3 is 2.37 bits per heavy atom. The van der Waals surface area contributed by atoms with Crippen LogP contribution in [0.1, 0.15) is 20.3 Å². The first-order valence-corrected chi connectivity index (χ1v) is 9.06. The molecule has 0 saturated carbocycles. The summed E-state index contributed by atoms with van der Waals surface area (Å²) in [6.45, 7) is 4.51. The highest BCUT2D eigenvalue weighted by atomic mass is 16.5. The molecule has 6 heteroatoms. The number of ether oxygens (including phenoxy) is 1. The van der Waals surface area contributed by atoms with Crippen LogP contribution < -0.4 is 15.0 Å². The van der Waals surface area contributed by atoms with Crippen molar-refractivity contribution >= 4 is 17.6 Å². The molecule has 1 heterocycles. The third-order valence-electron chi connectivity index (χ3n) is 4.57. The van der Waals surface area contributed by atoms with Gasteiger partial charge < -0.3 is 15.0 Å². The summed E-state index contributed by atoms with van der Waals surface area (Å²) in [7, 11) is 1.98. The molecule has 3 rings (SSSR count). The standard InChI is InChI=1S/C21H25N3O3/c1-21(2)19(25)24(20(26)22-21)15-9-14-23(3)17-12-7-8-13-18(17)27-16-10-5-4-6-11-16/h4-8,10-13H,9,14-15H2,1-3H3,(H,22,26). The first kappa shape index (κ1) is 18.8. The van der Waals surface area contributed by atoms with Gasteiger partial charge in [0.05, 0.1) is 5.69 Å². The van der Waals surface area contributed by atoms with Crippen molar-refractivity contribution < 1.29 is 14.3 Å². The number of hydrogen-bond acceptors (Lipinski definition) is 4. The fourth-order valence-electron chi connectivity index (χ4n) is 3.08. The molecule has 0 unspecified atom stereocenters. The number of hydrogen-bond donors (Lipinski definition) is 1. The van der Waals surface area contributed by atoms with Crippen molar-refractivity contribution in [3.05, 3.63) is 54.6 Å². The lowest BCUT2D eigenvalue weighted by atomic mass is 10.1. The average molecular weight is 367 g/mol. The van der Waals surface area contributed by atoms with E-state index in [0.717, 1.165) is 17.2 Å². The number of imide groups is 1. The minimum atomic E-state index is -0.820. The van der Waals surface area contributed by atoms with Crippen molar-refractivity contribution in [1.82, 2.24) is 10.2 Å². The molecule has 3 amide bonds. The molecule has 0 radical (unpaired) electrons. The maximum atomic E-state index is 12.2. The molecule has 1 fully saturated rings. The van der Waals surface area contributed by atoms with Crippen LogP contribution in [0.2, 0.25) is 0 Å². The fourth-order valence-corrected chi connectivity index (χ4v) is 3.08. The molecule has 2 aromatic rings. The van der Waals surface area contributed by atoms with Crippen LogP contribution in [0.4, 0.5) is 10.5 Å². The number of benzene rings is 2. The number of nitrogens with one attached hydrogen (secondary N) is 1. The zero-order valence-electron chi connectivity index (χ0n) is 15.9. The normalized spacial score (nSPS) is 15.6. The van der Waals surface area contributed by atoms with Crippen LogP contribution in [0.25, 0.3) is 0 Å². The Hall–Kier alpha value is -3.02.